The van der Waals surface area contributed by atoms with Crippen molar-refractivity contribution in [2.24, 2.45) is 11.7 Å². The van der Waals surface area contributed by atoms with Crippen LogP contribution in [0.3, 0.4) is 0 Å². The Labute approximate surface area is 207 Å². The third-order valence-corrected chi connectivity index (χ3v) is 5.75. The lowest BCUT2D eigenvalue weighted by atomic mass is 9.94. The van der Waals surface area contributed by atoms with Crippen LogP contribution in [0.5, 0.6) is 0 Å². The molecule has 1 aromatic heterocycles. The lowest BCUT2D eigenvalue weighted by Crippen LogP contribution is -2.33. The maximum absolute atomic E-state index is 11.5. The number of carbonyl (C=O) groups is 2. The van der Waals surface area contributed by atoms with Gasteiger partial charge in [-0.2, -0.15) is 0 Å². The Morgan fingerprint density at radius 3 is 2.20 bits per heavy atom. The van der Waals surface area contributed by atoms with Gasteiger partial charge in [-0.15, -0.1) is 0 Å². The van der Waals surface area contributed by atoms with Crippen LogP contribution in [0.25, 0.3) is 11.1 Å². The summed E-state index contributed by atoms with van der Waals surface area (Å²) in [5, 5.41) is 0. The molecule has 0 radical (unpaired) electrons. The van der Waals surface area contributed by atoms with Crippen molar-refractivity contribution in [1.29, 1.82) is 0 Å². The summed E-state index contributed by atoms with van der Waals surface area (Å²) in [5.74, 6) is -0.311. The smallest absolute Gasteiger partial charge is 0.305 e. The van der Waals surface area contributed by atoms with Gasteiger partial charge in [0.1, 0.15) is 6.04 Å². The summed E-state index contributed by atoms with van der Waals surface area (Å²) in [6.45, 7) is 8.24. The zero-order valence-electron chi connectivity index (χ0n) is 21.3. The molecule has 2 N–H and O–H groups in total. The maximum Gasteiger partial charge on any atom is 0.305 e. The molecular formula is C29H36N2O4. The van der Waals surface area contributed by atoms with E-state index in [1.165, 1.54) is 40.0 Å². The van der Waals surface area contributed by atoms with E-state index in [0.29, 0.717) is 25.2 Å². The summed E-state index contributed by atoms with van der Waals surface area (Å²) in [5.41, 5.74) is 11.3. The largest absolute Gasteiger partial charge is 0.469 e. The fraction of sp³-hybridized carbons (Fsp3) is 0.345. The number of carbonyl (C=O) groups excluding carboxylic acids is 2. The van der Waals surface area contributed by atoms with E-state index in [2.05, 4.69) is 55.0 Å². The number of methoxy groups -OCH3 is 1. The molecule has 0 fully saturated rings. The van der Waals surface area contributed by atoms with Crippen LogP contribution in [-0.4, -0.2) is 23.6 Å². The van der Waals surface area contributed by atoms with Crippen LogP contribution in [0.15, 0.2) is 71.7 Å². The molecule has 1 unspecified atom stereocenters. The minimum absolute atomic E-state index is 0.164. The van der Waals surface area contributed by atoms with Gasteiger partial charge < -0.3 is 15.0 Å². The van der Waals surface area contributed by atoms with E-state index < -0.39 is 11.9 Å². The van der Waals surface area contributed by atoms with Crippen LogP contribution >= 0.6 is 0 Å². The quantitative estimate of drug-likeness (QED) is 0.463. The molecule has 186 valence electrons. The van der Waals surface area contributed by atoms with Crippen LogP contribution in [0.1, 0.15) is 49.4 Å². The number of rotatable bonds is 8. The number of hydrogen-bond acceptors (Lipinski definition) is 4. The van der Waals surface area contributed by atoms with Crippen molar-refractivity contribution in [2.45, 2.75) is 53.0 Å². The SMILES string of the molecule is CC(C)CC(C(N)=O)n1ccccc1=O.COC(=O)CCc1cccc(-c2c(C)cccc2C)c1. The summed E-state index contributed by atoms with van der Waals surface area (Å²) in [7, 11) is 1.43. The van der Waals surface area contributed by atoms with Crippen molar-refractivity contribution in [2.75, 3.05) is 7.11 Å². The lowest BCUT2D eigenvalue weighted by Gasteiger charge is -2.17. The Bertz CT molecular complexity index is 1180. The molecule has 1 amide bonds. The molecule has 1 atom stereocenters. The van der Waals surface area contributed by atoms with E-state index in [1.807, 2.05) is 19.9 Å². The number of aromatic nitrogens is 1. The van der Waals surface area contributed by atoms with Crippen molar-refractivity contribution >= 4 is 11.9 Å². The van der Waals surface area contributed by atoms with Gasteiger partial charge in [0.25, 0.3) is 5.56 Å². The summed E-state index contributed by atoms with van der Waals surface area (Å²) in [6, 6.07) is 19.0. The molecule has 35 heavy (non-hydrogen) atoms. The van der Waals surface area contributed by atoms with Crippen LogP contribution in [-0.2, 0) is 20.7 Å². The topological polar surface area (TPSA) is 91.4 Å². The van der Waals surface area contributed by atoms with Gasteiger partial charge in [0.05, 0.1) is 7.11 Å². The molecule has 3 aromatic rings. The highest BCUT2D eigenvalue weighted by Gasteiger charge is 2.19. The standard InChI is InChI=1S/C18H20O2.C11H16N2O2/c1-13-6-4-7-14(2)18(13)16-9-5-8-15(12-16)10-11-17(19)20-3;1-8(2)7-9(11(12)15)13-6-4-3-5-10(13)14/h4-9,12H,10-11H2,1-3H3;3-6,8-9H,7H2,1-2H3,(H2,12,15). The monoisotopic (exact) mass is 476 g/mol. The number of hydrogen-bond donors (Lipinski definition) is 1. The van der Waals surface area contributed by atoms with Gasteiger partial charge >= 0.3 is 5.97 Å². The summed E-state index contributed by atoms with van der Waals surface area (Å²) < 4.78 is 6.08. The first-order valence-corrected chi connectivity index (χ1v) is 11.8. The Kier molecular flexibility index (Phi) is 10.5. The van der Waals surface area contributed by atoms with Crippen molar-refractivity contribution in [3.8, 4) is 11.1 Å². The summed E-state index contributed by atoms with van der Waals surface area (Å²) >= 11 is 0. The molecule has 3 rings (SSSR count). The van der Waals surface area contributed by atoms with Crippen molar-refractivity contribution in [1.82, 2.24) is 4.57 Å². The second-order valence-corrected chi connectivity index (χ2v) is 9.04. The number of aryl methyl sites for hydroxylation is 3. The Balaban J connectivity index is 0.000000258. The van der Waals surface area contributed by atoms with E-state index in [0.717, 1.165) is 5.56 Å². The molecular weight excluding hydrogens is 440 g/mol. The zero-order valence-corrected chi connectivity index (χ0v) is 21.3. The minimum Gasteiger partial charge on any atom is -0.469 e. The fourth-order valence-electron chi connectivity index (χ4n) is 4.01. The normalized spacial score (nSPS) is 11.4. The molecule has 0 saturated carbocycles. The maximum atomic E-state index is 11.5. The highest BCUT2D eigenvalue weighted by atomic mass is 16.5. The zero-order chi connectivity index (χ0) is 26.0. The van der Waals surface area contributed by atoms with Crippen LogP contribution in [0, 0.1) is 19.8 Å². The number of ether oxygens (including phenoxy) is 1. The van der Waals surface area contributed by atoms with Crippen LogP contribution in [0.4, 0.5) is 0 Å². The predicted molar refractivity (Wildman–Crippen MR) is 140 cm³/mol. The van der Waals surface area contributed by atoms with Gasteiger partial charge in [-0.25, -0.2) is 0 Å². The van der Waals surface area contributed by atoms with Gasteiger partial charge in [0.15, 0.2) is 0 Å². The first-order valence-electron chi connectivity index (χ1n) is 11.8. The predicted octanol–water partition coefficient (Wildman–Crippen LogP) is 5.00. The van der Waals surface area contributed by atoms with Crippen LogP contribution < -0.4 is 11.3 Å². The van der Waals surface area contributed by atoms with Crippen molar-refractivity contribution in [3.05, 3.63) is 93.9 Å². The van der Waals surface area contributed by atoms with E-state index in [-0.39, 0.29) is 11.5 Å². The number of benzene rings is 2. The van der Waals surface area contributed by atoms with E-state index in [9.17, 15) is 14.4 Å². The minimum atomic E-state index is -0.543. The number of pyridine rings is 1. The molecule has 0 spiro atoms. The molecule has 1 heterocycles. The lowest BCUT2D eigenvalue weighted by molar-refractivity contribution is -0.140. The average molecular weight is 477 g/mol. The highest BCUT2D eigenvalue weighted by molar-refractivity contribution is 5.78. The van der Waals surface area contributed by atoms with E-state index >= 15 is 0 Å². The van der Waals surface area contributed by atoms with E-state index in [1.54, 1.807) is 18.3 Å². The molecule has 2 aromatic carbocycles. The molecule has 0 saturated heterocycles. The van der Waals surface area contributed by atoms with Crippen molar-refractivity contribution < 1.29 is 14.3 Å². The second kappa shape index (κ2) is 13.3. The molecule has 0 aliphatic rings. The molecule has 0 bridgehead atoms. The summed E-state index contributed by atoms with van der Waals surface area (Å²) in [6.07, 6.45) is 3.32. The highest BCUT2D eigenvalue weighted by Crippen LogP contribution is 2.28. The fourth-order valence-corrected chi connectivity index (χ4v) is 4.01. The third-order valence-electron chi connectivity index (χ3n) is 5.75. The number of esters is 1. The number of primary amides is 1. The van der Waals surface area contributed by atoms with Crippen molar-refractivity contribution in [3.63, 3.8) is 0 Å². The van der Waals surface area contributed by atoms with Gasteiger partial charge in [-0.3, -0.25) is 14.4 Å². The summed E-state index contributed by atoms with van der Waals surface area (Å²) in [4.78, 5) is 34.0. The molecule has 0 aliphatic carbocycles. The Morgan fingerprint density at radius 1 is 0.971 bits per heavy atom. The number of amides is 1. The first kappa shape index (κ1) is 27.6. The number of nitrogens with two attached hydrogens (primary N) is 1. The van der Waals surface area contributed by atoms with Gasteiger partial charge in [-0.1, -0.05) is 62.4 Å². The third kappa shape index (κ3) is 8.25. The van der Waals surface area contributed by atoms with E-state index in [4.69, 9.17) is 5.73 Å². The molecule has 6 heteroatoms. The average Bonchev–Trinajstić information content (AvgIpc) is 2.82. The Hall–Kier alpha value is -3.67. The first-order chi connectivity index (χ1) is 16.6. The van der Waals surface area contributed by atoms with Gasteiger partial charge in [-0.05, 0) is 66.5 Å². The van der Waals surface area contributed by atoms with Crippen LogP contribution in [0.2, 0.25) is 0 Å². The Morgan fingerprint density at radius 2 is 1.63 bits per heavy atom. The molecule has 6 nitrogen and oxygen atoms in total. The van der Waals surface area contributed by atoms with Gasteiger partial charge in [0, 0.05) is 18.7 Å². The molecule has 0 aliphatic heterocycles. The van der Waals surface area contributed by atoms with Gasteiger partial charge in [0.2, 0.25) is 5.91 Å². The second-order valence-electron chi connectivity index (χ2n) is 9.04. The number of nitrogens with zero attached hydrogens (tertiary/aromatic N) is 1.